The van der Waals surface area contributed by atoms with Crippen LogP contribution in [0.15, 0.2) is 60.7 Å². The van der Waals surface area contributed by atoms with Crippen LogP contribution in [-0.2, 0) is 12.8 Å². The summed E-state index contributed by atoms with van der Waals surface area (Å²) >= 11 is 0. The fourth-order valence-electron chi connectivity index (χ4n) is 3.89. The van der Waals surface area contributed by atoms with Crippen molar-refractivity contribution in [2.75, 3.05) is 19.6 Å². The van der Waals surface area contributed by atoms with Crippen molar-refractivity contribution in [3.63, 3.8) is 0 Å². The van der Waals surface area contributed by atoms with Gasteiger partial charge in [0.2, 0.25) is 0 Å². The molecular weight excluding hydrogens is 290 g/mol. The summed E-state index contributed by atoms with van der Waals surface area (Å²) in [5.74, 6) is 0.957. The van der Waals surface area contributed by atoms with Crippen molar-refractivity contribution in [2.45, 2.75) is 44.9 Å². The average molecular weight is 322 g/mol. The summed E-state index contributed by atoms with van der Waals surface area (Å²) < 4.78 is 0. The van der Waals surface area contributed by atoms with E-state index >= 15 is 0 Å². The number of hydrogen-bond acceptors (Lipinski definition) is 1. The van der Waals surface area contributed by atoms with Gasteiger partial charge in [-0.2, -0.15) is 0 Å². The molecule has 1 heteroatoms. The molecule has 0 atom stereocenters. The van der Waals surface area contributed by atoms with Gasteiger partial charge in [0.1, 0.15) is 0 Å². The first-order chi connectivity index (χ1) is 11.9. The summed E-state index contributed by atoms with van der Waals surface area (Å²) in [4.78, 5) is 2.68. The van der Waals surface area contributed by atoms with E-state index < -0.39 is 0 Å². The standard InChI is InChI=1S/C23H31N/c1-3-9-21(10-4-1)13-7-14-23-16-19-24(20-17-23)18-8-15-22-11-5-2-6-12-22/h1-6,9-12,23H,7-8,13-20H2. The number of benzene rings is 2. The Morgan fingerprint density at radius 1 is 0.708 bits per heavy atom. The number of nitrogens with zero attached hydrogens (tertiary/aromatic N) is 1. The molecule has 0 aromatic heterocycles. The average Bonchev–Trinajstić information content (AvgIpc) is 2.65. The van der Waals surface area contributed by atoms with Crippen LogP contribution < -0.4 is 0 Å². The molecule has 0 amide bonds. The van der Waals surface area contributed by atoms with Gasteiger partial charge in [-0.3, -0.25) is 0 Å². The minimum absolute atomic E-state index is 0.957. The molecule has 1 aliphatic heterocycles. The van der Waals surface area contributed by atoms with Gasteiger partial charge >= 0.3 is 0 Å². The number of likely N-dealkylation sites (tertiary alicyclic amines) is 1. The molecule has 2 aromatic carbocycles. The van der Waals surface area contributed by atoms with Gasteiger partial charge in [0, 0.05) is 0 Å². The van der Waals surface area contributed by atoms with E-state index in [1.54, 1.807) is 0 Å². The first-order valence-electron chi connectivity index (χ1n) is 9.70. The highest BCUT2D eigenvalue weighted by Gasteiger charge is 2.18. The Kier molecular flexibility index (Phi) is 6.92. The number of aryl methyl sites for hydroxylation is 2. The topological polar surface area (TPSA) is 3.24 Å². The Morgan fingerprint density at radius 3 is 1.83 bits per heavy atom. The molecule has 0 saturated carbocycles. The quantitative estimate of drug-likeness (QED) is 0.633. The Balaban J connectivity index is 1.27. The van der Waals surface area contributed by atoms with Crippen molar-refractivity contribution in [1.82, 2.24) is 4.90 Å². The van der Waals surface area contributed by atoms with Crippen molar-refractivity contribution in [2.24, 2.45) is 5.92 Å². The van der Waals surface area contributed by atoms with E-state index in [1.165, 1.54) is 75.7 Å². The van der Waals surface area contributed by atoms with Gasteiger partial charge in [0.05, 0.1) is 0 Å². The third-order valence-electron chi connectivity index (χ3n) is 5.41. The third kappa shape index (κ3) is 5.79. The van der Waals surface area contributed by atoms with Crippen LogP contribution in [0.2, 0.25) is 0 Å². The van der Waals surface area contributed by atoms with E-state index in [-0.39, 0.29) is 0 Å². The zero-order valence-electron chi connectivity index (χ0n) is 14.9. The predicted molar refractivity (Wildman–Crippen MR) is 103 cm³/mol. The number of piperidine rings is 1. The van der Waals surface area contributed by atoms with E-state index in [2.05, 4.69) is 65.6 Å². The summed E-state index contributed by atoms with van der Waals surface area (Å²) in [5.41, 5.74) is 2.98. The van der Waals surface area contributed by atoms with Crippen LogP contribution in [0.5, 0.6) is 0 Å². The lowest BCUT2D eigenvalue weighted by molar-refractivity contribution is 0.176. The maximum Gasteiger partial charge on any atom is -0.00156 e. The van der Waals surface area contributed by atoms with E-state index in [1.807, 2.05) is 0 Å². The molecule has 24 heavy (non-hydrogen) atoms. The molecule has 0 bridgehead atoms. The molecule has 0 N–H and O–H groups in total. The van der Waals surface area contributed by atoms with Crippen LogP contribution in [0.1, 0.15) is 43.2 Å². The first-order valence-corrected chi connectivity index (χ1v) is 9.70. The molecule has 1 saturated heterocycles. The third-order valence-corrected chi connectivity index (χ3v) is 5.41. The van der Waals surface area contributed by atoms with Crippen LogP contribution in [0.25, 0.3) is 0 Å². The number of rotatable bonds is 8. The fraction of sp³-hybridized carbons (Fsp3) is 0.478. The highest BCUT2D eigenvalue weighted by Crippen LogP contribution is 2.23. The minimum atomic E-state index is 0.957. The highest BCUT2D eigenvalue weighted by atomic mass is 15.1. The molecule has 1 nitrogen and oxygen atoms in total. The SMILES string of the molecule is c1ccc(CCCC2CCN(CCCc3ccccc3)CC2)cc1. The molecule has 3 rings (SSSR count). The van der Waals surface area contributed by atoms with Crippen LogP contribution >= 0.6 is 0 Å². The smallest absolute Gasteiger partial charge is 0.00156 e. The van der Waals surface area contributed by atoms with Gasteiger partial charge in [0.15, 0.2) is 0 Å². The van der Waals surface area contributed by atoms with E-state index in [0.717, 1.165) is 5.92 Å². The van der Waals surface area contributed by atoms with Crippen LogP contribution in [0.3, 0.4) is 0 Å². The monoisotopic (exact) mass is 321 g/mol. The summed E-state index contributed by atoms with van der Waals surface area (Å²) in [7, 11) is 0. The lowest BCUT2D eigenvalue weighted by Gasteiger charge is -2.32. The lowest BCUT2D eigenvalue weighted by Crippen LogP contribution is -2.34. The molecule has 0 aliphatic carbocycles. The van der Waals surface area contributed by atoms with Crippen molar-refractivity contribution < 1.29 is 0 Å². The minimum Gasteiger partial charge on any atom is -0.303 e. The van der Waals surface area contributed by atoms with Gasteiger partial charge in [-0.1, -0.05) is 67.1 Å². The summed E-state index contributed by atoms with van der Waals surface area (Å²) in [6.07, 6.45) is 9.33. The predicted octanol–water partition coefficient (Wildman–Crippen LogP) is 5.35. The summed E-state index contributed by atoms with van der Waals surface area (Å²) in [5, 5.41) is 0. The Hall–Kier alpha value is -1.60. The van der Waals surface area contributed by atoms with Gasteiger partial charge in [-0.25, -0.2) is 0 Å². The van der Waals surface area contributed by atoms with E-state index in [9.17, 15) is 0 Å². The van der Waals surface area contributed by atoms with Gasteiger partial charge in [0.25, 0.3) is 0 Å². The number of hydrogen-bond donors (Lipinski definition) is 0. The second-order valence-corrected chi connectivity index (χ2v) is 7.25. The van der Waals surface area contributed by atoms with E-state index in [0.29, 0.717) is 0 Å². The molecule has 1 fully saturated rings. The Morgan fingerprint density at radius 2 is 1.25 bits per heavy atom. The maximum absolute atomic E-state index is 2.68. The molecular formula is C23H31N. The largest absolute Gasteiger partial charge is 0.303 e. The highest BCUT2D eigenvalue weighted by molar-refractivity contribution is 5.15. The first kappa shape index (κ1) is 17.2. The normalized spacial score (nSPS) is 16.3. The maximum atomic E-state index is 2.68. The molecule has 0 unspecified atom stereocenters. The summed E-state index contributed by atoms with van der Waals surface area (Å²) in [6.45, 7) is 3.89. The molecule has 2 aromatic rings. The molecule has 1 aliphatic rings. The Labute approximate surface area is 147 Å². The van der Waals surface area contributed by atoms with Crippen LogP contribution in [0.4, 0.5) is 0 Å². The van der Waals surface area contributed by atoms with Crippen molar-refractivity contribution in [3.8, 4) is 0 Å². The van der Waals surface area contributed by atoms with Gasteiger partial charge in [-0.05, 0) is 75.2 Å². The zero-order chi connectivity index (χ0) is 16.5. The van der Waals surface area contributed by atoms with Gasteiger partial charge in [-0.15, -0.1) is 0 Å². The van der Waals surface area contributed by atoms with E-state index in [4.69, 9.17) is 0 Å². The van der Waals surface area contributed by atoms with Crippen LogP contribution in [0, 0.1) is 5.92 Å². The molecule has 0 radical (unpaired) electrons. The van der Waals surface area contributed by atoms with Crippen molar-refractivity contribution in [3.05, 3.63) is 71.8 Å². The summed E-state index contributed by atoms with van der Waals surface area (Å²) in [6, 6.07) is 21.8. The van der Waals surface area contributed by atoms with Gasteiger partial charge < -0.3 is 4.90 Å². The lowest BCUT2D eigenvalue weighted by atomic mass is 9.90. The van der Waals surface area contributed by atoms with Crippen LogP contribution in [-0.4, -0.2) is 24.5 Å². The zero-order valence-corrected chi connectivity index (χ0v) is 14.9. The van der Waals surface area contributed by atoms with Crippen molar-refractivity contribution >= 4 is 0 Å². The fourth-order valence-corrected chi connectivity index (χ4v) is 3.89. The molecule has 0 spiro atoms. The second-order valence-electron chi connectivity index (χ2n) is 7.25. The molecule has 128 valence electrons. The van der Waals surface area contributed by atoms with Crippen molar-refractivity contribution in [1.29, 1.82) is 0 Å². The second kappa shape index (κ2) is 9.64. The Bertz CT molecular complexity index is 502. The molecule has 1 heterocycles.